The van der Waals surface area contributed by atoms with E-state index in [-0.39, 0.29) is 0 Å². The summed E-state index contributed by atoms with van der Waals surface area (Å²) in [5.41, 5.74) is 3.18. The van der Waals surface area contributed by atoms with Crippen LogP contribution >= 0.6 is 0 Å². The zero-order chi connectivity index (χ0) is 9.26. The highest BCUT2D eigenvalue weighted by Crippen LogP contribution is 2.36. The van der Waals surface area contributed by atoms with Crippen molar-refractivity contribution in [3.8, 4) is 0 Å². The van der Waals surface area contributed by atoms with Gasteiger partial charge in [0.1, 0.15) is 0 Å². The third-order valence-corrected chi connectivity index (χ3v) is 3.06. The maximum absolute atomic E-state index is 2.45. The Balaban J connectivity index is 2.31. The lowest BCUT2D eigenvalue weighted by Crippen LogP contribution is -2.13. The number of rotatable bonds is 1. The van der Waals surface area contributed by atoms with Crippen LogP contribution in [0.2, 0.25) is 0 Å². The summed E-state index contributed by atoms with van der Waals surface area (Å²) in [4.78, 5) is 0. The minimum Gasteiger partial charge on any atom is -0.0804 e. The summed E-state index contributed by atoms with van der Waals surface area (Å²) in [5, 5.41) is 0. The summed E-state index contributed by atoms with van der Waals surface area (Å²) in [6.45, 7) is 4.58. The van der Waals surface area contributed by atoms with E-state index >= 15 is 0 Å². The molecule has 0 radical (unpaired) electrons. The van der Waals surface area contributed by atoms with Crippen molar-refractivity contribution in [3.05, 3.63) is 35.5 Å². The largest absolute Gasteiger partial charge is 0.0804 e. The van der Waals surface area contributed by atoms with E-state index in [2.05, 4.69) is 38.2 Å². The van der Waals surface area contributed by atoms with Gasteiger partial charge < -0.3 is 0 Å². The van der Waals surface area contributed by atoms with Gasteiger partial charge in [-0.2, -0.15) is 0 Å². The molecule has 2 rings (SSSR count). The van der Waals surface area contributed by atoms with E-state index in [4.69, 9.17) is 0 Å². The molecule has 0 amide bonds. The number of hydrogen-bond donors (Lipinski definition) is 0. The van der Waals surface area contributed by atoms with E-state index in [1.54, 1.807) is 11.1 Å². The molecule has 0 aromatic rings. The van der Waals surface area contributed by atoms with Crippen molar-refractivity contribution in [1.82, 2.24) is 0 Å². The van der Waals surface area contributed by atoms with Gasteiger partial charge >= 0.3 is 0 Å². The van der Waals surface area contributed by atoms with E-state index in [1.807, 2.05) is 0 Å². The Morgan fingerprint density at radius 3 is 3.00 bits per heavy atom. The second-order valence-electron chi connectivity index (χ2n) is 4.36. The van der Waals surface area contributed by atoms with E-state index < -0.39 is 0 Å². The molecule has 1 unspecified atom stereocenters. The van der Waals surface area contributed by atoms with E-state index in [9.17, 15) is 0 Å². The molecule has 70 valence electrons. The average molecular weight is 174 g/mol. The third-order valence-electron chi connectivity index (χ3n) is 3.06. The predicted octanol–water partition coefficient (Wildman–Crippen LogP) is 3.87. The lowest BCUT2D eigenvalue weighted by atomic mass is 9.77. The molecule has 0 heteroatoms. The molecular weight excluding hydrogens is 156 g/mol. The first kappa shape index (κ1) is 8.80. The van der Waals surface area contributed by atoms with Gasteiger partial charge in [0.05, 0.1) is 0 Å². The van der Waals surface area contributed by atoms with Crippen LogP contribution in [0.3, 0.4) is 0 Å². The molecular formula is C13H18. The monoisotopic (exact) mass is 174 g/mol. The van der Waals surface area contributed by atoms with Gasteiger partial charge in [-0.3, -0.25) is 0 Å². The summed E-state index contributed by atoms with van der Waals surface area (Å²) in [7, 11) is 0. The van der Waals surface area contributed by atoms with Crippen molar-refractivity contribution < 1.29 is 0 Å². The topological polar surface area (TPSA) is 0 Å². The summed E-state index contributed by atoms with van der Waals surface area (Å²) in [6, 6.07) is 0. The molecule has 0 aliphatic heterocycles. The molecule has 2 aliphatic carbocycles. The Morgan fingerprint density at radius 1 is 1.38 bits per heavy atom. The molecule has 0 saturated heterocycles. The first-order valence-corrected chi connectivity index (χ1v) is 5.38. The molecule has 0 fully saturated rings. The zero-order valence-electron chi connectivity index (χ0n) is 8.59. The van der Waals surface area contributed by atoms with Crippen LogP contribution in [-0.4, -0.2) is 0 Å². The predicted molar refractivity (Wildman–Crippen MR) is 57.5 cm³/mol. The quantitative estimate of drug-likeness (QED) is 0.566. The van der Waals surface area contributed by atoms with Crippen molar-refractivity contribution in [2.45, 2.75) is 33.1 Å². The molecule has 0 N–H and O–H groups in total. The maximum Gasteiger partial charge on any atom is 0.00208 e. The standard InChI is InChI=1S/C13H18/c1-10(2)12-9-5-7-11-6-3-4-8-13(11)12/h5,7-11H,3-4,6H2,1-2H3. The molecule has 0 aromatic carbocycles. The Labute approximate surface area is 81.0 Å². The van der Waals surface area contributed by atoms with E-state index in [0.717, 1.165) is 5.92 Å². The lowest BCUT2D eigenvalue weighted by molar-refractivity contribution is 0.581. The Morgan fingerprint density at radius 2 is 2.23 bits per heavy atom. The van der Waals surface area contributed by atoms with Crippen LogP contribution in [0.1, 0.15) is 33.1 Å². The van der Waals surface area contributed by atoms with Crippen molar-refractivity contribution in [2.75, 3.05) is 0 Å². The fourth-order valence-corrected chi connectivity index (χ4v) is 2.35. The molecule has 0 saturated carbocycles. The molecule has 0 aromatic heterocycles. The van der Waals surface area contributed by atoms with Crippen molar-refractivity contribution in [1.29, 1.82) is 0 Å². The number of fused-ring (bicyclic) bond motifs is 1. The van der Waals surface area contributed by atoms with Crippen molar-refractivity contribution >= 4 is 0 Å². The zero-order valence-corrected chi connectivity index (χ0v) is 8.59. The highest BCUT2D eigenvalue weighted by Gasteiger charge is 2.21. The molecule has 0 spiro atoms. The van der Waals surface area contributed by atoms with Gasteiger partial charge in [-0.1, -0.05) is 38.2 Å². The van der Waals surface area contributed by atoms with E-state index in [0.29, 0.717) is 5.92 Å². The van der Waals surface area contributed by atoms with Gasteiger partial charge in [0.2, 0.25) is 0 Å². The fraction of sp³-hybridized carbons (Fsp3) is 0.538. The van der Waals surface area contributed by atoms with Gasteiger partial charge in [0.15, 0.2) is 0 Å². The van der Waals surface area contributed by atoms with E-state index in [1.165, 1.54) is 19.3 Å². The van der Waals surface area contributed by atoms with Crippen LogP contribution in [0, 0.1) is 11.8 Å². The fourth-order valence-electron chi connectivity index (χ4n) is 2.35. The Bertz CT molecular complexity index is 276. The van der Waals surface area contributed by atoms with Crippen molar-refractivity contribution in [2.24, 2.45) is 11.8 Å². The Kier molecular flexibility index (Phi) is 2.39. The van der Waals surface area contributed by atoms with Crippen LogP contribution < -0.4 is 0 Å². The first-order chi connectivity index (χ1) is 6.29. The molecule has 1 atom stereocenters. The van der Waals surface area contributed by atoms with Gasteiger partial charge in [-0.15, -0.1) is 0 Å². The highest BCUT2D eigenvalue weighted by atomic mass is 14.3. The normalized spacial score (nSPS) is 26.8. The number of allylic oxidation sites excluding steroid dienone is 6. The van der Waals surface area contributed by atoms with Gasteiger partial charge in [0.25, 0.3) is 0 Å². The third kappa shape index (κ3) is 1.63. The first-order valence-electron chi connectivity index (χ1n) is 5.38. The molecule has 13 heavy (non-hydrogen) atoms. The number of hydrogen-bond acceptors (Lipinski definition) is 0. The highest BCUT2D eigenvalue weighted by molar-refractivity contribution is 5.43. The molecule has 0 nitrogen and oxygen atoms in total. The summed E-state index contributed by atoms with van der Waals surface area (Å²) in [5.74, 6) is 1.41. The van der Waals surface area contributed by atoms with Gasteiger partial charge in [0, 0.05) is 5.92 Å². The van der Waals surface area contributed by atoms with Gasteiger partial charge in [-0.25, -0.2) is 0 Å². The molecule has 0 heterocycles. The summed E-state index contributed by atoms with van der Waals surface area (Å²) < 4.78 is 0. The maximum atomic E-state index is 2.45. The second kappa shape index (κ2) is 3.53. The van der Waals surface area contributed by atoms with Crippen LogP contribution in [0.4, 0.5) is 0 Å². The summed E-state index contributed by atoms with van der Waals surface area (Å²) in [6.07, 6.45) is 13.3. The molecule has 0 bridgehead atoms. The van der Waals surface area contributed by atoms with Crippen LogP contribution in [-0.2, 0) is 0 Å². The van der Waals surface area contributed by atoms with Crippen LogP contribution in [0.25, 0.3) is 0 Å². The SMILES string of the molecule is CC(C)C1=CC=CC2CCCC=C12. The van der Waals surface area contributed by atoms with Gasteiger partial charge in [-0.05, 0) is 36.3 Å². The molecule has 2 aliphatic rings. The smallest absolute Gasteiger partial charge is 0.00208 e. The summed E-state index contributed by atoms with van der Waals surface area (Å²) >= 11 is 0. The second-order valence-corrected chi connectivity index (χ2v) is 4.36. The Hall–Kier alpha value is -0.780. The lowest BCUT2D eigenvalue weighted by Gasteiger charge is -2.28. The minimum absolute atomic E-state index is 0.678. The average Bonchev–Trinajstić information content (AvgIpc) is 2.17. The van der Waals surface area contributed by atoms with Crippen LogP contribution in [0.5, 0.6) is 0 Å². The van der Waals surface area contributed by atoms with Crippen LogP contribution in [0.15, 0.2) is 35.5 Å². The minimum atomic E-state index is 0.678. The van der Waals surface area contributed by atoms with Crippen molar-refractivity contribution in [3.63, 3.8) is 0 Å².